The highest BCUT2D eigenvalue weighted by atomic mass is 35.5. The Morgan fingerprint density at radius 3 is 1.44 bits per heavy atom. The Balaban J connectivity index is 0.000000170. The molecule has 0 unspecified atom stereocenters. The van der Waals surface area contributed by atoms with Crippen molar-refractivity contribution in [3.05, 3.63) is 124 Å². The van der Waals surface area contributed by atoms with Gasteiger partial charge in [-0.2, -0.15) is 4.98 Å². The highest BCUT2D eigenvalue weighted by Crippen LogP contribution is 2.31. The summed E-state index contributed by atoms with van der Waals surface area (Å²) in [6.07, 6.45) is 0. The second-order valence-corrected chi connectivity index (χ2v) is 14.0. The molecule has 296 valence electrons. The van der Waals surface area contributed by atoms with Gasteiger partial charge < -0.3 is 41.0 Å². The Bertz CT molecular complexity index is 2160. The predicted molar refractivity (Wildman–Crippen MR) is 233 cm³/mol. The van der Waals surface area contributed by atoms with E-state index in [4.69, 9.17) is 54.2 Å². The number of nitrogens with zero attached hydrogens (tertiary/aromatic N) is 5. The topological polar surface area (TPSA) is 133 Å². The average molecular weight is 828 g/mol. The fourth-order valence-electron chi connectivity index (χ4n) is 5.88. The molecule has 0 bridgehead atoms. The number of piperazine rings is 2. The number of aromatic nitrogens is 4. The summed E-state index contributed by atoms with van der Waals surface area (Å²) in [6, 6.07) is 34.5. The maximum atomic E-state index is 6.25. The van der Waals surface area contributed by atoms with E-state index in [0.717, 1.165) is 92.1 Å². The maximum absolute atomic E-state index is 6.25. The molecule has 4 aromatic carbocycles. The normalized spacial score (nSPS) is 13.6. The first kappa shape index (κ1) is 41.4. The van der Waals surface area contributed by atoms with E-state index < -0.39 is 0 Å². The van der Waals surface area contributed by atoms with E-state index in [2.05, 4.69) is 53.6 Å². The molecule has 0 saturated carbocycles. The van der Waals surface area contributed by atoms with Crippen LogP contribution >= 0.6 is 34.8 Å². The van der Waals surface area contributed by atoms with E-state index in [0.29, 0.717) is 38.6 Å². The molecular formula is C42H45Cl3N10O2. The van der Waals surface area contributed by atoms with Crippen LogP contribution in [-0.4, -0.2) is 86.5 Å². The first-order chi connectivity index (χ1) is 27.9. The van der Waals surface area contributed by atoms with Gasteiger partial charge in [-0.3, -0.25) is 0 Å². The van der Waals surface area contributed by atoms with Gasteiger partial charge in [0.1, 0.15) is 22.5 Å². The minimum atomic E-state index is 0.362. The molecule has 57 heavy (non-hydrogen) atoms. The Morgan fingerprint density at radius 1 is 0.526 bits per heavy atom. The minimum Gasteiger partial charge on any atom is -0.495 e. The van der Waals surface area contributed by atoms with Crippen LogP contribution in [0.1, 0.15) is 0 Å². The third kappa shape index (κ3) is 12.4. The van der Waals surface area contributed by atoms with Gasteiger partial charge in [0, 0.05) is 87.0 Å². The van der Waals surface area contributed by atoms with Crippen molar-refractivity contribution in [3.63, 3.8) is 0 Å². The van der Waals surface area contributed by atoms with Gasteiger partial charge in [0.25, 0.3) is 0 Å². The molecule has 6 aromatic rings. The molecule has 15 heteroatoms. The molecule has 2 saturated heterocycles. The Labute approximate surface area is 348 Å². The second-order valence-electron chi connectivity index (χ2n) is 12.8. The van der Waals surface area contributed by atoms with E-state index >= 15 is 0 Å². The molecule has 0 radical (unpaired) electrons. The van der Waals surface area contributed by atoms with Gasteiger partial charge in [-0.1, -0.05) is 95.5 Å². The van der Waals surface area contributed by atoms with Crippen LogP contribution in [0.2, 0.25) is 15.2 Å². The van der Waals surface area contributed by atoms with Crippen LogP contribution in [0.15, 0.2) is 109 Å². The van der Waals surface area contributed by atoms with Gasteiger partial charge in [-0.25, -0.2) is 15.0 Å². The molecule has 2 fully saturated rings. The Hall–Kier alpha value is -5.21. The monoisotopic (exact) mass is 826 g/mol. The van der Waals surface area contributed by atoms with Crippen LogP contribution in [0, 0.1) is 0 Å². The van der Waals surface area contributed by atoms with Gasteiger partial charge in [0.2, 0.25) is 11.9 Å². The Morgan fingerprint density at radius 2 is 0.982 bits per heavy atom. The lowest BCUT2D eigenvalue weighted by Gasteiger charge is -2.29. The number of hydrogen-bond acceptors (Lipinski definition) is 12. The summed E-state index contributed by atoms with van der Waals surface area (Å²) in [5.41, 5.74) is 5.20. The fraction of sp³-hybridized carbons (Fsp3) is 0.238. The van der Waals surface area contributed by atoms with Gasteiger partial charge in [0.05, 0.1) is 35.7 Å². The molecular weight excluding hydrogens is 783 g/mol. The zero-order valence-electron chi connectivity index (χ0n) is 31.7. The average Bonchev–Trinajstić information content (AvgIpc) is 3.25. The molecule has 0 aliphatic carbocycles. The first-order valence-electron chi connectivity index (χ1n) is 18.5. The molecule has 0 amide bonds. The summed E-state index contributed by atoms with van der Waals surface area (Å²) >= 11 is 18.5. The standard InChI is InChI=1S/C21H22ClN5O.C17H13Cl2N3O.C4H10N2/c1-28-19-8-7-16(13-17(19)22)24-21-25-18(15-5-3-2-4-6-15)14-20(26-21)27-11-9-23-10-12-27;1-23-15-8-7-12(9-13(15)18)20-17-21-14(10-16(19)22-17)11-5-3-2-4-6-11;1-2-6-4-3-5-1/h2-8,13-14,23H,9-12H2,1H3,(H,24,25,26);2-10H,1H3,(H,20,21,22);5-6H,1-4H2. The number of ether oxygens (including phenoxy) is 2. The van der Waals surface area contributed by atoms with Crippen LogP contribution < -0.4 is 41.0 Å². The summed E-state index contributed by atoms with van der Waals surface area (Å²) in [7, 11) is 3.17. The third-order valence-electron chi connectivity index (χ3n) is 8.76. The molecule has 2 aromatic heterocycles. The number of benzene rings is 4. The van der Waals surface area contributed by atoms with E-state index in [1.54, 1.807) is 32.4 Å². The van der Waals surface area contributed by atoms with Crippen LogP contribution in [0.5, 0.6) is 11.5 Å². The molecule has 0 atom stereocenters. The lowest BCUT2D eigenvalue weighted by atomic mass is 10.1. The lowest BCUT2D eigenvalue weighted by molar-refractivity contribution is 0.415. The molecule has 0 spiro atoms. The van der Waals surface area contributed by atoms with E-state index in [-0.39, 0.29) is 0 Å². The highest BCUT2D eigenvalue weighted by Gasteiger charge is 2.16. The van der Waals surface area contributed by atoms with Crippen molar-refractivity contribution in [2.24, 2.45) is 0 Å². The van der Waals surface area contributed by atoms with Crippen molar-refractivity contribution in [2.45, 2.75) is 0 Å². The predicted octanol–water partition coefficient (Wildman–Crippen LogP) is 8.34. The van der Waals surface area contributed by atoms with E-state index in [1.807, 2.05) is 78.9 Å². The number of anilines is 5. The number of hydrogen-bond donors (Lipinski definition) is 5. The zero-order valence-corrected chi connectivity index (χ0v) is 34.0. The van der Waals surface area contributed by atoms with Gasteiger partial charge in [-0.15, -0.1) is 0 Å². The first-order valence-corrected chi connectivity index (χ1v) is 19.6. The molecule has 2 aliphatic rings. The van der Waals surface area contributed by atoms with Gasteiger partial charge >= 0.3 is 0 Å². The molecule has 8 rings (SSSR count). The van der Waals surface area contributed by atoms with Crippen molar-refractivity contribution < 1.29 is 9.47 Å². The number of methoxy groups -OCH3 is 2. The van der Waals surface area contributed by atoms with Crippen molar-refractivity contribution in [1.29, 1.82) is 0 Å². The quantitative estimate of drug-likeness (QED) is 0.0898. The van der Waals surface area contributed by atoms with Gasteiger partial charge in [0.15, 0.2) is 0 Å². The minimum absolute atomic E-state index is 0.362. The summed E-state index contributed by atoms with van der Waals surface area (Å²) in [6.45, 7) is 8.28. The van der Waals surface area contributed by atoms with Crippen molar-refractivity contribution in [3.8, 4) is 34.0 Å². The lowest BCUT2D eigenvalue weighted by Crippen LogP contribution is -2.44. The van der Waals surface area contributed by atoms with Crippen LogP contribution in [0.3, 0.4) is 0 Å². The van der Waals surface area contributed by atoms with Crippen LogP contribution in [-0.2, 0) is 0 Å². The summed E-state index contributed by atoms with van der Waals surface area (Å²) < 4.78 is 10.4. The highest BCUT2D eigenvalue weighted by molar-refractivity contribution is 6.32. The van der Waals surface area contributed by atoms with Crippen molar-refractivity contribution >= 4 is 63.9 Å². The third-order valence-corrected chi connectivity index (χ3v) is 9.54. The second kappa shape index (κ2) is 21.4. The van der Waals surface area contributed by atoms with Gasteiger partial charge in [-0.05, 0) is 36.4 Å². The zero-order chi connectivity index (χ0) is 39.8. The largest absolute Gasteiger partial charge is 0.495 e. The number of rotatable bonds is 9. The molecule has 5 N–H and O–H groups in total. The van der Waals surface area contributed by atoms with Crippen LogP contribution in [0.25, 0.3) is 22.5 Å². The maximum Gasteiger partial charge on any atom is 0.229 e. The smallest absolute Gasteiger partial charge is 0.229 e. The number of halogens is 3. The summed E-state index contributed by atoms with van der Waals surface area (Å²) in [5.74, 6) is 3.09. The summed E-state index contributed by atoms with van der Waals surface area (Å²) in [5, 5.41) is 17.6. The molecule has 2 aliphatic heterocycles. The van der Waals surface area contributed by atoms with E-state index in [9.17, 15) is 0 Å². The number of nitrogens with one attached hydrogen (secondary N) is 5. The molecule has 12 nitrogen and oxygen atoms in total. The summed E-state index contributed by atoms with van der Waals surface area (Å²) in [4.78, 5) is 20.4. The SMILES string of the molecule is C1CNCCN1.COc1ccc(Nc2nc(-c3ccccc3)cc(N3CCNCC3)n2)cc1Cl.COc1ccc(Nc2nc(Cl)cc(-c3ccccc3)n2)cc1Cl. The fourth-order valence-corrected chi connectivity index (χ4v) is 6.58. The Kier molecular flexibility index (Phi) is 15.5. The van der Waals surface area contributed by atoms with Crippen molar-refractivity contribution in [1.82, 2.24) is 35.9 Å². The van der Waals surface area contributed by atoms with Crippen LogP contribution in [0.4, 0.5) is 29.1 Å². The van der Waals surface area contributed by atoms with E-state index in [1.165, 1.54) is 0 Å². The van der Waals surface area contributed by atoms with Crippen molar-refractivity contribution in [2.75, 3.05) is 82.1 Å². The molecule has 4 heterocycles.